The van der Waals surface area contributed by atoms with Crippen LogP contribution in [0.4, 0.5) is 31.0 Å². The molecule has 5 aromatic carbocycles. The minimum Gasteiger partial charge on any atom is -0.493 e. The van der Waals surface area contributed by atoms with E-state index < -0.39 is 20.0 Å². The number of fused-ring (bicyclic) bond motifs is 6. The van der Waals surface area contributed by atoms with Gasteiger partial charge in [-0.15, -0.1) is 0 Å². The molecular formula is C67H63F3N16O7S2. The normalized spacial score (nSPS) is 13.1. The molecule has 3 aliphatic heterocycles. The van der Waals surface area contributed by atoms with Gasteiger partial charge in [-0.1, -0.05) is 24.3 Å². The van der Waals surface area contributed by atoms with E-state index in [4.69, 9.17) is 14.2 Å². The van der Waals surface area contributed by atoms with Crippen LogP contribution in [0.15, 0.2) is 150 Å². The second kappa shape index (κ2) is 26.1. The number of anilines is 3. The maximum absolute atomic E-state index is 14.5. The van der Waals surface area contributed by atoms with Gasteiger partial charge in [0, 0.05) is 141 Å². The van der Waals surface area contributed by atoms with Gasteiger partial charge in [0.05, 0.1) is 58.0 Å². The topological polar surface area (TPSA) is 264 Å². The highest BCUT2D eigenvalue weighted by molar-refractivity contribution is 7.89. The molecule has 7 aromatic heterocycles. The van der Waals surface area contributed by atoms with Crippen LogP contribution in [0.1, 0.15) is 50.5 Å². The van der Waals surface area contributed by atoms with Gasteiger partial charge in [-0.3, -0.25) is 13.2 Å². The third-order valence-corrected chi connectivity index (χ3v) is 19.7. The summed E-state index contributed by atoms with van der Waals surface area (Å²) in [5.41, 5.74) is 13.6. The monoisotopic (exact) mass is 1320 g/mol. The molecule has 4 N–H and O–H groups in total. The lowest BCUT2D eigenvalue weighted by atomic mass is 10.0. The zero-order chi connectivity index (χ0) is 66.3. The van der Waals surface area contributed by atoms with Gasteiger partial charge < -0.3 is 30.2 Å². The highest BCUT2D eigenvalue weighted by Crippen LogP contribution is 2.36. The molecule has 15 rings (SSSR count). The minimum absolute atomic E-state index is 0.178. The highest BCUT2D eigenvalue weighted by atomic mass is 32.2. The fraction of sp³-hybridized carbons (Fsp3) is 0.224. The van der Waals surface area contributed by atoms with Gasteiger partial charge in [0.2, 0.25) is 37.9 Å². The van der Waals surface area contributed by atoms with Crippen molar-refractivity contribution in [2.45, 2.75) is 69.5 Å². The standard InChI is InChI=1S/C24H24FN5O3S.C23H22FN5O3S.C20H17FN6O/c1-15-14-30-23(28-15)19(16-4-6-17(7-5-16)34(31,32)29(2)3)12-26-24(30)27-13-20-18-10-11-33-22(18)9-8-21(20)25;1-14-13-29-22(28-14)18(15-3-5-16(6-4-15)33(30,31)25-2)11-26-23(29)27-12-19-17-9-10-32-21(17)8-7-20(19)24;1-12-10-27-19(26-12)15(17-4-6-22-11-25-17)9-24-20(27)23-8-14-13-5-7-28-18(13)3-2-16(14)21/h4-9,12,14H,10-11,13H2,1-3H3,(H,26,27);3-8,11,13,25H,9-10,12H2,1-2H3,(H,26,27);2-4,6,9-11H,5,7-8H2,1H3,(H,23,24). The molecule has 0 spiro atoms. The van der Waals surface area contributed by atoms with Gasteiger partial charge in [-0.2, -0.15) is 0 Å². The summed E-state index contributed by atoms with van der Waals surface area (Å²) in [7, 11) is -2.67. The van der Waals surface area contributed by atoms with Crippen molar-refractivity contribution in [1.29, 1.82) is 0 Å². The first-order valence-electron chi connectivity index (χ1n) is 30.2. The predicted molar refractivity (Wildman–Crippen MR) is 351 cm³/mol. The molecule has 23 nitrogen and oxygen atoms in total. The summed E-state index contributed by atoms with van der Waals surface area (Å²) in [6, 6.07) is 24.3. The third kappa shape index (κ3) is 12.6. The summed E-state index contributed by atoms with van der Waals surface area (Å²) < 4.78 is 118. The van der Waals surface area contributed by atoms with E-state index in [-0.39, 0.29) is 40.3 Å². The molecule has 0 saturated heterocycles. The molecule has 3 aliphatic rings. The van der Waals surface area contributed by atoms with Crippen LogP contribution in [0, 0.1) is 38.2 Å². The van der Waals surface area contributed by atoms with Crippen LogP contribution in [-0.2, 0) is 58.9 Å². The lowest BCUT2D eigenvalue weighted by Crippen LogP contribution is -2.22. The summed E-state index contributed by atoms with van der Waals surface area (Å²) in [6.07, 6.45) is 15.9. The quantitative estimate of drug-likeness (QED) is 0.0701. The molecule has 12 aromatic rings. The molecule has 0 amide bonds. The van der Waals surface area contributed by atoms with Crippen molar-refractivity contribution in [3.63, 3.8) is 0 Å². The molecule has 10 heterocycles. The van der Waals surface area contributed by atoms with Crippen LogP contribution in [0.3, 0.4) is 0 Å². The number of aromatic nitrogens is 11. The zero-order valence-electron chi connectivity index (χ0n) is 52.3. The summed E-state index contributed by atoms with van der Waals surface area (Å²) in [6.45, 7) is 8.20. The molecule has 0 bridgehead atoms. The number of halogens is 3. The Balaban J connectivity index is 0.000000130. The molecule has 28 heteroatoms. The average Bonchev–Trinajstić information content (AvgIpc) is 1.73. The van der Waals surface area contributed by atoms with E-state index in [1.807, 2.05) is 58.6 Å². The average molecular weight is 1330 g/mol. The number of imidazole rings is 3. The van der Waals surface area contributed by atoms with Gasteiger partial charge in [-0.05, 0) is 106 Å². The Morgan fingerprint density at radius 3 is 1.24 bits per heavy atom. The van der Waals surface area contributed by atoms with Crippen molar-refractivity contribution in [3.8, 4) is 50.8 Å². The maximum atomic E-state index is 14.5. The van der Waals surface area contributed by atoms with Crippen LogP contribution in [0.25, 0.3) is 50.5 Å². The van der Waals surface area contributed by atoms with Crippen molar-refractivity contribution in [1.82, 2.24) is 62.1 Å². The first-order chi connectivity index (χ1) is 45.8. The zero-order valence-corrected chi connectivity index (χ0v) is 54.0. The number of rotatable bonds is 16. The predicted octanol–water partition coefficient (Wildman–Crippen LogP) is 10.1. The van der Waals surface area contributed by atoms with E-state index in [0.29, 0.717) is 91.5 Å². The number of ether oxygens (including phenoxy) is 3. The Morgan fingerprint density at radius 1 is 0.495 bits per heavy atom. The largest absolute Gasteiger partial charge is 0.493 e. The summed E-state index contributed by atoms with van der Waals surface area (Å²) in [5, 5.41) is 9.72. The van der Waals surface area contributed by atoms with Gasteiger partial charge in [0.25, 0.3) is 0 Å². The van der Waals surface area contributed by atoms with E-state index in [9.17, 15) is 30.0 Å². The number of nitrogens with one attached hydrogen (secondary N) is 4. The number of hydrogen-bond acceptors (Lipinski definition) is 18. The SMILES string of the molecule is CNS(=O)(=O)c1ccc(-c2cnc(NCc3c(F)ccc4c3CCO4)n3cc(C)nc23)cc1.Cc1cn2c(NCc3c(F)ccc4c3CCO4)ncc(-c3ccc(S(=O)(=O)N(C)C)cc3)c2n1.Cc1cn2c(NCc3c(F)ccc4c3CCO4)ncc(-c3ccncn3)c2n1. The molecule has 0 atom stereocenters. The molecule has 0 radical (unpaired) electrons. The Morgan fingerprint density at radius 2 is 0.874 bits per heavy atom. The Hall–Kier alpha value is -10.6. The fourth-order valence-corrected chi connectivity index (χ4v) is 13.3. The molecule has 0 aliphatic carbocycles. The van der Waals surface area contributed by atoms with E-state index >= 15 is 0 Å². The smallest absolute Gasteiger partial charge is 0.242 e. The second-order valence-corrected chi connectivity index (χ2v) is 26.8. The van der Waals surface area contributed by atoms with Crippen LogP contribution in [0.2, 0.25) is 0 Å². The first kappa shape index (κ1) is 63.2. The van der Waals surface area contributed by atoms with E-state index in [1.165, 1.54) is 50.0 Å². The van der Waals surface area contributed by atoms with Crippen LogP contribution >= 0.6 is 0 Å². The Kier molecular flexibility index (Phi) is 17.4. The maximum Gasteiger partial charge on any atom is 0.242 e. The van der Waals surface area contributed by atoms with E-state index in [2.05, 4.69) is 60.5 Å². The lowest BCUT2D eigenvalue weighted by molar-refractivity contribution is 0.356. The summed E-state index contributed by atoms with van der Waals surface area (Å²) in [5.74, 6) is 3.05. The van der Waals surface area contributed by atoms with E-state index in [0.717, 1.165) is 90.2 Å². The summed E-state index contributed by atoms with van der Waals surface area (Å²) >= 11 is 0. The molecule has 0 fully saturated rings. The number of aryl methyl sites for hydroxylation is 3. The van der Waals surface area contributed by atoms with Crippen LogP contribution in [0.5, 0.6) is 17.2 Å². The number of sulfonamides is 2. The van der Waals surface area contributed by atoms with Crippen molar-refractivity contribution in [3.05, 3.63) is 209 Å². The van der Waals surface area contributed by atoms with E-state index in [1.54, 1.807) is 91.5 Å². The lowest BCUT2D eigenvalue weighted by Gasteiger charge is -2.14. The Labute approximate surface area is 544 Å². The Bertz CT molecular complexity index is 5150. The second-order valence-electron chi connectivity index (χ2n) is 22.7. The molecular weight excluding hydrogens is 1260 g/mol. The minimum atomic E-state index is -3.52. The van der Waals surface area contributed by atoms with Gasteiger partial charge in [-0.25, -0.2) is 78.9 Å². The molecule has 0 saturated carbocycles. The first-order valence-corrected chi connectivity index (χ1v) is 33.1. The van der Waals surface area contributed by atoms with Gasteiger partial charge in [0.15, 0.2) is 5.65 Å². The third-order valence-electron chi connectivity index (χ3n) is 16.5. The number of hydrogen-bond donors (Lipinski definition) is 4. The van der Waals surface area contributed by atoms with Gasteiger partial charge in [0.1, 0.15) is 52.3 Å². The van der Waals surface area contributed by atoms with Crippen LogP contribution in [-0.4, -0.2) is 115 Å². The van der Waals surface area contributed by atoms with Crippen molar-refractivity contribution >= 4 is 54.8 Å². The van der Waals surface area contributed by atoms with Crippen molar-refractivity contribution < 1.29 is 44.2 Å². The number of nitrogens with zero attached hydrogens (tertiary/aromatic N) is 12. The molecule has 95 heavy (non-hydrogen) atoms. The summed E-state index contributed by atoms with van der Waals surface area (Å²) in [4.78, 5) is 36.2. The van der Waals surface area contributed by atoms with Gasteiger partial charge >= 0.3 is 0 Å². The molecule has 486 valence electrons. The van der Waals surface area contributed by atoms with Crippen LogP contribution < -0.4 is 34.9 Å². The molecule has 0 unspecified atom stereocenters. The van der Waals surface area contributed by atoms with Crippen molar-refractivity contribution in [2.24, 2.45) is 0 Å². The highest BCUT2D eigenvalue weighted by Gasteiger charge is 2.25. The van der Waals surface area contributed by atoms with Crippen molar-refractivity contribution in [2.75, 3.05) is 56.9 Å². The number of benzene rings is 5. The fourth-order valence-electron chi connectivity index (χ4n) is 11.7.